The lowest BCUT2D eigenvalue weighted by molar-refractivity contribution is -0.0622. The second kappa shape index (κ2) is 4.77. The summed E-state index contributed by atoms with van der Waals surface area (Å²) in [5, 5.41) is 3.51. The molecule has 2 heteroatoms. The first-order chi connectivity index (χ1) is 7.31. The highest BCUT2D eigenvalue weighted by atomic mass is 16.5. The van der Waals surface area contributed by atoms with Crippen molar-refractivity contribution in [2.24, 2.45) is 0 Å². The van der Waals surface area contributed by atoms with Gasteiger partial charge in [-0.25, -0.2) is 0 Å². The van der Waals surface area contributed by atoms with Crippen LogP contribution in [-0.4, -0.2) is 18.7 Å². The summed E-state index contributed by atoms with van der Waals surface area (Å²) in [4.78, 5) is 0. The Labute approximate surface area is 91.6 Å². The lowest BCUT2D eigenvalue weighted by Crippen LogP contribution is -2.46. The quantitative estimate of drug-likeness (QED) is 0.801. The molecular weight excluding hydrogens is 186 g/mol. The van der Waals surface area contributed by atoms with Crippen LogP contribution in [0.4, 0.5) is 0 Å². The van der Waals surface area contributed by atoms with Crippen molar-refractivity contribution < 1.29 is 4.74 Å². The van der Waals surface area contributed by atoms with Crippen molar-refractivity contribution in [1.29, 1.82) is 0 Å². The lowest BCUT2D eigenvalue weighted by Gasteiger charge is -2.35. The summed E-state index contributed by atoms with van der Waals surface area (Å²) in [6.07, 6.45) is 1.62. The fourth-order valence-corrected chi connectivity index (χ4v) is 2.05. The average Bonchev–Trinajstić information content (AvgIpc) is 2.31. The molecule has 3 unspecified atom stereocenters. The summed E-state index contributed by atoms with van der Waals surface area (Å²) in [6.45, 7) is 5.33. The molecule has 1 fully saturated rings. The Kier molecular flexibility index (Phi) is 3.39. The van der Waals surface area contributed by atoms with Gasteiger partial charge in [-0.05, 0) is 18.9 Å². The molecule has 3 atom stereocenters. The average molecular weight is 205 g/mol. The molecule has 2 rings (SSSR count). The van der Waals surface area contributed by atoms with Crippen LogP contribution in [0.15, 0.2) is 30.3 Å². The summed E-state index contributed by atoms with van der Waals surface area (Å²) in [5.74, 6) is 0. The summed E-state index contributed by atoms with van der Waals surface area (Å²) in [5.41, 5.74) is 1.27. The highest BCUT2D eigenvalue weighted by Crippen LogP contribution is 2.26. The standard InChI is InChI=1S/C13H19NO/c1-3-12-9-14-10(2)13(15-12)11-7-5-4-6-8-11/h4-8,10,12-14H,3,9H2,1-2H3. The fourth-order valence-electron chi connectivity index (χ4n) is 2.05. The first-order valence-electron chi connectivity index (χ1n) is 5.75. The summed E-state index contributed by atoms with van der Waals surface area (Å²) in [7, 11) is 0. The Hall–Kier alpha value is -0.860. The van der Waals surface area contributed by atoms with E-state index in [-0.39, 0.29) is 6.10 Å². The van der Waals surface area contributed by atoms with Crippen LogP contribution in [-0.2, 0) is 4.74 Å². The topological polar surface area (TPSA) is 21.3 Å². The third kappa shape index (κ3) is 2.39. The molecule has 82 valence electrons. The molecule has 1 aromatic rings. The van der Waals surface area contributed by atoms with Crippen molar-refractivity contribution in [2.75, 3.05) is 6.54 Å². The largest absolute Gasteiger partial charge is 0.367 e. The third-order valence-electron chi connectivity index (χ3n) is 3.04. The molecular formula is C13H19NO. The SMILES string of the molecule is CCC1CNC(C)C(c2ccccc2)O1. The van der Waals surface area contributed by atoms with Crippen molar-refractivity contribution in [3.63, 3.8) is 0 Å². The number of hydrogen-bond acceptors (Lipinski definition) is 2. The zero-order valence-corrected chi connectivity index (χ0v) is 9.44. The van der Waals surface area contributed by atoms with E-state index in [2.05, 4.69) is 43.4 Å². The number of benzene rings is 1. The minimum atomic E-state index is 0.199. The molecule has 0 saturated carbocycles. The van der Waals surface area contributed by atoms with E-state index >= 15 is 0 Å². The Morgan fingerprint density at radius 2 is 2.07 bits per heavy atom. The summed E-state index contributed by atoms with van der Waals surface area (Å²) in [6, 6.07) is 10.9. The molecule has 1 N–H and O–H groups in total. The van der Waals surface area contributed by atoms with Crippen LogP contribution in [0.5, 0.6) is 0 Å². The maximum Gasteiger partial charge on any atom is 0.0979 e. The Balaban J connectivity index is 2.13. The number of morpholine rings is 1. The highest BCUT2D eigenvalue weighted by molar-refractivity contribution is 5.19. The maximum absolute atomic E-state index is 6.07. The molecule has 0 aromatic heterocycles. The van der Waals surface area contributed by atoms with E-state index in [0.717, 1.165) is 13.0 Å². The predicted octanol–water partition coefficient (Wildman–Crippen LogP) is 2.51. The van der Waals surface area contributed by atoms with E-state index in [1.165, 1.54) is 5.56 Å². The Morgan fingerprint density at radius 1 is 1.33 bits per heavy atom. The Morgan fingerprint density at radius 3 is 2.73 bits per heavy atom. The van der Waals surface area contributed by atoms with Gasteiger partial charge in [-0.2, -0.15) is 0 Å². The summed E-state index contributed by atoms with van der Waals surface area (Å²) < 4.78 is 6.07. The van der Waals surface area contributed by atoms with Crippen molar-refractivity contribution in [3.8, 4) is 0 Å². The first kappa shape index (κ1) is 10.7. The molecule has 1 aliphatic heterocycles. The van der Waals surface area contributed by atoms with Gasteiger partial charge in [0.2, 0.25) is 0 Å². The van der Waals surface area contributed by atoms with Gasteiger partial charge in [0.05, 0.1) is 12.2 Å². The van der Waals surface area contributed by atoms with Gasteiger partial charge in [0.15, 0.2) is 0 Å². The number of hydrogen-bond donors (Lipinski definition) is 1. The minimum Gasteiger partial charge on any atom is -0.367 e. The van der Waals surface area contributed by atoms with Gasteiger partial charge in [-0.15, -0.1) is 0 Å². The monoisotopic (exact) mass is 205 g/mol. The Bertz CT molecular complexity index is 299. The van der Waals surface area contributed by atoms with Crippen LogP contribution in [0.3, 0.4) is 0 Å². The van der Waals surface area contributed by atoms with E-state index in [1.807, 2.05) is 6.07 Å². The number of ether oxygens (including phenoxy) is 1. The van der Waals surface area contributed by atoms with E-state index in [0.29, 0.717) is 12.1 Å². The molecule has 1 aromatic carbocycles. The van der Waals surface area contributed by atoms with Gasteiger partial charge in [0, 0.05) is 12.6 Å². The molecule has 1 heterocycles. The fraction of sp³-hybridized carbons (Fsp3) is 0.538. The molecule has 1 aliphatic rings. The molecule has 0 amide bonds. The van der Waals surface area contributed by atoms with Gasteiger partial charge in [-0.3, -0.25) is 0 Å². The van der Waals surface area contributed by atoms with Crippen molar-refractivity contribution >= 4 is 0 Å². The van der Waals surface area contributed by atoms with E-state index in [9.17, 15) is 0 Å². The van der Waals surface area contributed by atoms with Crippen LogP contribution in [0.2, 0.25) is 0 Å². The molecule has 0 bridgehead atoms. The smallest absolute Gasteiger partial charge is 0.0979 e. The second-order valence-electron chi connectivity index (χ2n) is 4.19. The van der Waals surface area contributed by atoms with Gasteiger partial charge < -0.3 is 10.1 Å². The van der Waals surface area contributed by atoms with Gasteiger partial charge in [0.25, 0.3) is 0 Å². The van der Waals surface area contributed by atoms with Crippen LogP contribution in [0.25, 0.3) is 0 Å². The van der Waals surface area contributed by atoms with Crippen molar-refractivity contribution in [3.05, 3.63) is 35.9 Å². The van der Waals surface area contributed by atoms with Crippen LogP contribution in [0.1, 0.15) is 31.9 Å². The highest BCUT2D eigenvalue weighted by Gasteiger charge is 2.27. The first-order valence-corrected chi connectivity index (χ1v) is 5.75. The molecule has 15 heavy (non-hydrogen) atoms. The van der Waals surface area contributed by atoms with Crippen LogP contribution >= 0.6 is 0 Å². The lowest BCUT2D eigenvalue weighted by atomic mass is 10.0. The zero-order chi connectivity index (χ0) is 10.7. The van der Waals surface area contributed by atoms with E-state index in [1.54, 1.807) is 0 Å². The van der Waals surface area contributed by atoms with Gasteiger partial charge in [-0.1, -0.05) is 37.3 Å². The van der Waals surface area contributed by atoms with E-state index in [4.69, 9.17) is 4.74 Å². The molecule has 0 aliphatic carbocycles. The predicted molar refractivity (Wildman–Crippen MR) is 61.8 cm³/mol. The number of rotatable bonds is 2. The maximum atomic E-state index is 6.07. The molecule has 1 saturated heterocycles. The number of nitrogens with one attached hydrogen (secondary N) is 1. The van der Waals surface area contributed by atoms with E-state index < -0.39 is 0 Å². The second-order valence-corrected chi connectivity index (χ2v) is 4.19. The normalized spacial score (nSPS) is 31.5. The third-order valence-corrected chi connectivity index (χ3v) is 3.04. The van der Waals surface area contributed by atoms with Crippen LogP contribution in [0, 0.1) is 0 Å². The summed E-state index contributed by atoms with van der Waals surface area (Å²) >= 11 is 0. The van der Waals surface area contributed by atoms with Gasteiger partial charge >= 0.3 is 0 Å². The van der Waals surface area contributed by atoms with Gasteiger partial charge in [0.1, 0.15) is 0 Å². The molecule has 0 spiro atoms. The minimum absolute atomic E-state index is 0.199. The molecule has 0 radical (unpaired) electrons. The van der Waals surface area contributed by atoms with Crippen molar-refractivity contribution in [1.82, 2.24) is 5.32 Å². The van der Waals surface area contributed by atoms with Crippen molar-refractivity contribution in [2.45, 2.75) is 38.5 Å². The zero-order valence-electron chi connectivity index (χ0n) is 9.44. The van der Waals surface area contributed by atoms with Crippen LogP contribution < -0.4 is 5.32 Å². The molecule has 2 nitrogen and oxygen atoms in total.